The monoisotopic (exact) mass is 331 g/mol. The van der Waals surface area contributed by atoms with Gasteiger partial charge in [0.15, 0.2) is 0 Å². The van der Waals surface area contributed by atoms with E-state index in [4.69, 9.17) is 9.47 Å². The summed E-state index contributed by atoms with van der Waals surface area (Å²) in [5, 5.41) is 2.01. The molecule has 0 unspecified atom stereocenters. The van der Waals surface area contributed by atoms with Gasteiger partial charge in [0.1, 0.15) is 11.5 Å². The van der Waals surface area contributed by atoms with Gasteiger partial charge in [-0.3, -0.25) is 4.79 Å². The van der Waals surface area contributed by atoms with E-state index in [2.05, 4.69) is 0 Å². The molecule has 1 aliphatic rings. The van der Waals surface area contributed by atoms with Gasteiger partial charge in [-0.25, -0.2) is 0 Å². The molecule has 2 aromatic rings. The molecule has 0 aliphatic heterocycles. The van der Waals surface area contributed by atoms with E-state index in [0.717, 1.165) is 34.8 Å². The SMILES string of the molecule is COc1ccc(OC)c(CN(C(=O)Cc2cccs2)C2CC2)c1. The summed E-state index contributed by atoms with van der Waals surface area (Å²) in [5.74, 6) is 1.75. The van der Waals surface area contributed by atoms with Gasteiger partial charge in [-0.15, -0.1) is 11.3 Å². The highest BCUT2D eigenvalue weighted by molar-refractivity contribution is 7.10. The van der Waals surface area contributed by atoms with Crippen LogP contribution < -0.4 is 9.47 Å². The first-order valence-electron chi connectivity index (χ1n) is 7.74. The topological polar surface area (TPSA) is 38.8 Å². The number of hydrogen-bond donors (Lipinski definition) is 0. The maximum atomic E-state index is 12.7. The number of carbonyl (C=O) groups excluding carboxylic acids is 1. The number of nitrogens with zero attached hydrogens (tertiary/aromatic N) is 1. The van der Waals surface area contributed by atoms with Crippen molar-refractivity contribution >= 4 is 17.2 Å². The number of carbonyl (C=O) groups is 1. The smallest absolute Gasteiger partial charge is 0.228 e. The number of benzene rings is 1. The zero-order chi connectivity index (χ0) is 16.2. The lowest BCUT2D eigenvalue weighted by Crippen LogP contribution is -2.33. The van der Waals surface area contributed by atoms with Crippen LogP contribution in [0.1, 0.15) is 23.3 Å². The first kappa shape index (κ1) is 15.9. The minimum Gasteiger partial charge on any atom is -0.497 e. The Bertz CT molecular complexity index is 665. The fourth-order valence-electron chi connectivity index (χ4n) is 2.66. The third-order valence-corrected chi connectivity index (χ3v) is 4.92. The molecule has 0 N–H and O–H groups in total. The maximum Gasteiger partial charge on any atom is 0.228 e. The van der Waals surface area contributed by atoms with Gasteiger partial charge in [0, 0.05) is 23.0 Å². The second-order valence-corrected chi connectivity index (χ2v) is 6.72. The summed E-state index contributed by atoms with van der Waals surface area (Å²) in [4.78, 5) is 15.8. The highest BCUT2D eigenvalue weighted by Gasteiger charge is 2.33. The molecule has 1 amide bonds. The van der Waals surface area contributed by atoms with Crippen LogP contribution in [0.15, 0.2) is 35.7 Å². The molecule has 1 heterocycles. The van der Waals surface area contributed by atoms with Gasteiger partial charge in [0.25, 0.3) is 0 Å². The maximum absolute atomic E-state index is 12.7. The summed E-state index contributed by atoms with van der Waals surface area (Å²) >= 11 is 1.63. The average Bonchev–Trinajstić information content (AvgIpc) is 3.29. The minimum atomic E-state index is 0.180. The van der Waals surface area contributed by atoms with Crippen LogP contribution in [0, 0.1) is 0 Å². The largest absolute Gasteiger partial charge is 0.497 e. The van der Waals surface area contributed by atoms with Crippen LogP contribution >= 0.6 is 11.3 Å². The van der Waals surface area contributed by atoms with Crippen LogP contribution in [0.25, 0.3) is 0 Å². The first-order chi connectivity index (χ1) is 11.2. The summed E-state index contributed by atoms with van der Waals surface area (Å²) in [7, 11) is 3.30. The van der Waals surface area contributed by atoms with Gasteiger partial charge in [-0.2, -0.15) is 0 Å². The van der Waals surface area contributed by atoms with Crippen molar-refractivity contribution in [3.63, 3.8) is 0 Å². The Morgan fingerprint density at radius 3 is 2.70 bits per heavy atom. The number of rotatable bonds is 7. The Labute approximate surface area is 140 Å². The number of hydrogen-bond acceptors (Lipinski definition) is 4. The Hall–Kier alpha value is -2.01. The molecule has 3 rings (SSSR count). The molecule has 5 heteroatoms. The first-order valence-corrected chi connectivity index (χ1v) is 8.62. The van der Waals surface area contributed by atoms with E-state index < -0.39 is 0 Å². The van der Waals surface area contributed by atoms with Crippen LogP contribution in [0.3, 0.4) is 0 Å². The van der Waals surface area contributed by atoms with Gasteiger partial charge in [0.05, 0.1) is 20.6 Å². The third-order valence-electron chi connectivity index (χ3n) is 4.04. The van der Waals surface area contributed by atoms with Crippen molar-refractivity contribution in [2.24, 2.45) is 0 Å². The van der Waals surface area contributed by atoms with Crippen molar-refractivity contribution in [1.82, 2.24) is 4.90 Å². The quantitative estimate of drug-likeness (QED) is 0.779. The lowest BCUT2D eigenvalue weighted by Gasteiger charge is -2.23. The van der Waals surface area contributed by atoms with Gasteiger partial charge in [-0.1, -0.05) is 6.07 Å². The number of amides is 1. The van der Waals surface area contributed by atoms with E-state index in [1.54, 1.807) is 25.6 Å². The molecule has 122 valence electrons. The summed E-state index contributed by atoms with van der Waals surface area (Å²) in [6, 6.07) is 10.1. The van der Waals surface area contributed by atoms with Crippen LogP contribution in [0.5, 0.6) is 11.5 Å². The molecule has 1 aliphatic carbocycles. The Morgan fingerprint density at radius 2 is 2.09 bits per heavy atom. The zero-order valence-corrected chi connectivity index (χ0v) is 14.3. The Balaban J connectivity index is 1.78. The lowest BCUT2D eigenvalue weighted by molar-refractivity contribution is -0.131. The molecule has 23 heavy (non-hydrogen) atoms. The van der Waals surface area contributed by atoms with Crippen LogP contribution in [0.4, 0.5) is 0 Å². The van der Waals surface area contributed by atoms with E-state index in [9.17, 15) is 4.79 Å². The molecule has 0 saturated heterocycles. The average molecular weight is 331 g/mol. The van der Waals surface area contributed by atoms with Crippen molar-refractivity contribution in [2.75, 3.05) is 14.2 Å². The standard InChI is InChI=1S/C18H21NO3S/c1-21-15-7-8-17(22-2)13(10-15)12-19(14-5-6-14)18(20)11-16-4-3-9-23-16/h3-4,7-10,14H,5-6,11-12H2,1-2H3. The summed E-state index contributed by atoms with van der Waals surface area (Å²) < 4.78 is 10.7. The van der Waals surface area contributed by atoms with Crippen molar-refractivity contribution in [1.29, 1.82) is 0 Å². The Kier molecular flexibility index (Phi) is 4.86. The van der Waals surface area contributed by atoms with Gasteiger partial charge < -0.3 is 14.4 Å². The molecule has 1 aromatic heterocycles. The predicted molar refractivity (Wildman–Crippen MR) is 91.1 cm³/mol. The molecule has 1 aromatic carbocycles. The van der Waals surface area contributed by atoms with Crippen molar-refractivity contribution in [2.45, 2.75) is 31.8 Å². The number of methoxy groups -OCH3 is 2. The van der Waals surface area contributed by atoms with Crippen LogP contribution in [-0.4, -0.2) is 31.1 Å². The van der Waals surface area contributed by atoms with Crippen molar-refractivity contribution in [3.05, 3.63) is 46.2 Å². The molecule has 1 saturated carbocycles. The van der Waals surface area contributed by atoms with Crippen LogP contribution in [-0.2, 0) is 17.8 Å². The fraction of sp³-hybridized carbons (Fsp3) is 0.389. The second kappa shape index (κ2) is 7.04. The predicted octanol–water partition coefficient (Wildman–Crippen LogP) is 3.50. The van der Waals surface area contributed by atoms with Gasteiger partial charge >= 0.3 is 0 Å². The molecule has 0 radical (unpaired) electrons. The molecule has 0 bridgehead atoms. The molecule has 0 spiro atoms. The Morgan fingerprint density at radius 1 is 1.26 bits per heavy atom. The molecule has 4 nitrogen and oxygen atoms in total. The summed E-state index contributed by atoms with van der Waals surface area (Å²) in [6.07, 6.45) is 2.64. The van der Waals surface area contributed by atoms with Gasteiger partial charge in [-0.05, 0) is 42.5 Å². The highest BCUT2D eigenvalue weighted by atomic mass is 32.1. The van der Waals surface area contributed by atoms with E-state index in [-0.39, 0.29) is 5.91 Å². The molecular weight excluding hydrogens is 310 g/mol. The van der Waals surface area contributed by atoms with Crippen LogP contribution in [0.2, 0.25) is 0 Å². The normalized spacial score (nSPS) is 13.7. The minimum absolute atomic E-state index is 0.180. The molecule has 1 fully saturated rings. The van der Waals surface area contributed by atoms with Gasteiger partial charge in [0.2, 0.25) is 5.91 Å². The summed E-state index contributed by atoms with van der Waals surface area (Å²) in [6.45, 7) is 0.565. The molecule has 0 atom stereocenters. The van der Waals surface area contributed by atoms with E-state index in [1.165, 1.54) is 0 Å². The van der Waals surface area contributed by atoms with E-state index >= 15 is 0 Å². The fourth-order valence-corrected chi connectivity index (χ4v) is 3.36. The second-order valence-electron chi connectivity index (χ2n) is 5.69. The summed E-state index contributed by atoms with van der Waals surface area (Å²) in [5.41, 5.74) is 0.985. The lowest BCUT2D eigenvalue weighted by atomic mass is 10.1. The molecular formula is C18H21NO3S. The third kappa shape index (κ3) is 3.85. The number of thiophene rings is 1. The van der Waals surface area contributed by atoms with E-state index in [0.29, 0.717) is 19.0 Å². The van der Waals surface area contributed by atoms with Crippen molar-refractivity contribution in [3.8, 4) is 11.5 Å². The highest BCUT2D eigenvalue weighted by Crippen LogP contribution is 2.32. The number of ether oxygens (including phenoxy) is 2. The van der Waals surface area contributed by atoms with E-state index in [1.807, 2.05) is 40.6 Å². The zero-order valence-electron chi connectivity index (χ0n) is 13.5. The van der Waals surface area contributed by atoms with Crippen molar-refractivity contribution < 1.29 is 14.3 Å².